The van der Waals surface area contributed by atoms with Crippen molar-refractivity contribution in [2.24, 2.45) is 0 Å². The Morgan fingerprint density at radius 1 is 1.07 bits per heavy atom. The highest BCUT2D eigenvalue weighted by Crippen LogP contribution is 2.37. The summed E-state index contributed by atoms with van der Waals surface area (Å²) >= 11 is 0. The van der Waals surface area contributed by atoms with E-state index in [1.807, 2.05) is 49.3 Å². The maximum atomic E-state index is 13.2. The number of amides is 1. The van der Waals surface area contributed by atoms with Gasteiger partial charge in [0.2, 0.25) is 5.91 Å². The van der Waals surface area contributed by atoms with E-state index in [1.54, 1.807) is 6.20 Å². The second-order valence-electron chi connectivity index (χ2n) is 7.81. The van der Waals surface area contributed by atoms with Gasteiger partial charge in [-0.2, -0.15) is 0 Å². The molecule has 1 fully saturated rings. The van der Waals surface area contributed by atoms with Crippen LogP contribution in [0.2, 0.25) is 0 Å². The molecule has 0 radical (unpaired) electrons. The maximum absolute atomic E-state index is 13.2. The summed E-state index contributed by atoms with van der Waals surface area (Å²) in [5.41, 5.74) is 6.35. The van der Waals surface area contributed by atoms with Crippen molar-refractivity contribution < 1.29 is 4.79 Å². The van der Waals surface area contributed by atoms with E-state index in [-0.39, 0.29) is 11.9 Å². The molecule has 1 saturated heterocycles. The van der Waals surface area contributed by atoms with E-state index in [1.165, 1.54) is 5.56 Å². The molecule has 5 nitrogen and oxygen atoms in total. The van der Waals surface area contributed by atoms with Crippen molar-refractivity contribution in [3.05, 3.63) is 77.1 Å². The zero-order chi connectivity index (χ0) is 20.4. The number of rotatable bonds is 4. The van der Waals surface area contributed by atoms with Crippen molar-refractivity contribution in [1.82, 2.24) is 19.9 Å². The summed E-state index contributed by atoms with van der Waals surface area (Å²) in [6.45, 7) is 6.77. The fourth-order valence-corrected chi connectivity index (χ4v) is 4.06. The van der Waals surface area contributed by atoms with Crippen LogP contribution in [0.25, 0.3) is 11.1 Å². The van der Waals surface area contributed by atoms with Crippen molar-refractivity contribution in [1.29, 1.82) is 0 Å². The Bertz CT molecular complexity index is 1030. The molecule has 1 aliphatic rings. The lowest BCUT2D eigenvalue weighted by Gasteiger charge is -2.26. The zero-order valence-electron chi connectivity index (χ0n) is 17.2. The fourth-order valence-electron chi connectivity index (χ4n) is 4.06. The number of benzene rings is 1. The third-order valence-electron chi connectivity index (χ3n) is 5.61. The maximum Gasteiger partial charge on any atom is 0.227 e. The van der Waals surface area contributed by atoms with E-state index in [0.29, 0.717) is 6.42 Å². The average Bonchev–Trinajstić information content (AvgIpc) is 3.20. The van der Waals surface area contributed by atoms with Gasteiger partial charge in [-0.25, -0.2) is 9.97 Å². The smallest absolute Gasteiger partial charge is 0.227 e. The molecule has 2 aromatic heterocycles. The van der Waals surface area contributed by atoms with E-state index >= 15 is 0 Å². The summed E-state index contributed by atoms with van der Waals surface area (Å²) in [4.78, 5) is 28.6. The first kappa shape index (κ1) is 19.2. The van der Waals surface area contributed by atoms with Crippen LogP contribution in [0.5, 0.6) is 0 Å². The summed E-state index contributed by atoms with van der Waals surface area (Å²) in [5, 5.41) is 0. The summed E-state index contributed by atoms with van der Waals surface area (Å²) in [6.07, 6.45) is 7.87. The Hall–Kier alpha value is -3.08. The molecule has 0 saturated carbocycles. The molecule has 0 unspecified atom stereocenters. The molecule has 29 heavy (non-hydrogen) atoms. The van der Waals surface area contributed by atoms with Crippen LogP contribution in [0.3, 0.4) is 0 Å². The van der Waals surface area contributed by atoms with E-state index in [4.69, 9.17) is 4.98 Å². The molecule has 0 spiro atoms. The van der Waals surface area contributed by atoms with Gasteiger partial charge in [0.15, 0.2) is 0 Å². The summed E-state index contributed by atoms with van der Waals surface area (Å²) in [6, 6.07) is 10.2. The molecule has 1 aliphatic heterocycles. The highest BCUT2D eigenvalue weighted by Gasteiger charge is 2.33. The van der Waals surface area contributed by atoms with Crippen LogP contribution in [-0.2, 0) is 11.2 Å². The van der Waals surface area contributed by atoms with Crippen molar-refractivity contribution in [3.63, 3.8) is 0 Å². The van der Waals surface area contributed by atoms with E-state index in [0.717, 1.165) is 53.2 Å². The van der Waals surface area contributed by atoms with Crippen LogP contribution < -0.4 is 0 Å². The lowest BCUT2D eigenvalue weighted by Crippen LogP contribution is -2.32. The summed E-state index contributed by atoms with van der Waals surface area (Å²) in [5.74, 6) is 0.887. The zero-order valence-corrected chi connectivity index (χ0v) is 17.2. The normalized spacial score (nSPS) is 16.2. The molecule has 3 heterocycles. The van der Waals surface area contributed by atoms with E-state index < -0.39 is 0 Å². The Morgan fingerprint density at radius 2 is 1.86 bits per heavy atom. The van der Waals surface area contributed by atoms with Gasteiger partial charge < -0.3 is 4.90 Å². The molecule has 1 atom stereocenters. The molecular weight excluding hydrogens is 360 g/mol. The van der Waals surface area contributed by atoms with Crippen LogP contribution >= 0.6 is 0 Å². The minimum absolute atomic E-state index is 0.0165. The minimum Gasteiger partial charge on any atom is -0.334 e. The fraction of sp³-hybridized carbons (Fsp3) is 0.333. The SMILES string of the molecule is Cc1ccc(CC(=O)N2CCC[C@@H]2c2nc(C)ncc2-c2ccncc2C)cc1. The van der Waals surface area contributed by atoms with E-state index in [9.17, 15) is 4.79 Å². The average molecular weight is 386 g/mol. The molecular formula is C24H26N4O. The first-order valence-corrected chi connectivity index (χ1v) is 10.1. The topological polar surface area (TPSA) is 59.0 Å². The molecule has 3 aromatic rings. The summed E-state index contributed by atoms with van der Waals surface area (Å²) in [7, 11) is 0. The molecule has 1 aromatic carbocycles. The predicted octanol–water partition coefficient (Wildman–Crippen LogP) is 4.37. The highest BCUT2D eigenvalue weighted by atomic mass is 16.2. The van der Waals surface area contributed by atoms with Gasteiger partial charge in [0.05, 0.1) is 18.2 Å². The summed E-state index contributed by atoms with van der Waals surface area (Å²) < 4.78 is 0. The number of aryl methyl sites for hydroxylation is 3. The van der Waals surface area contributed by atoms with Gasteiger partial charge in [-0.1, -0.05) is 29.8 Å². The Morgan fingerprint density at radius 3 is 2.62 bits per heavy atom. The Kier molecular flexibility index (Phi) is 5.38. The number of likely N-dealkylation sites (tertiary alicyclic amines) is 1. The van der Waals surface area contributed by atoms with Crippen LogP contribution in [0, 0.1) is 20.8 Å². The second-order valence-corrected chi connectivity index (χ2v) is 7.81. The second kappa shape index (κ2) is 8.11. The van der Waals surface area contributed by atoms with Gasteiger partial charge in [-0.3, -0.25) is 9.78 Å². The first-order valence-electron chi connectivity index (χ1n) is 10.1. The van der Waals surface area contributed by atoms with Crippen LogP contribution in [0.15, 0.2) is 48.9 Å². The molecule has 0 bridgehead atoms. The predicted molar refractivity (Wildman–Crippen MR) is 113 cm³/mol. The van der Waals surface area contributed by atoms with Crippen LogP contribution in [0.4, 0.5) is 0 Å². The van der Waals surface area contributed by atoms with Crippen LogP contribution in [0.1, 0.15) is 47.1 Å². The number of nitrogens with zero attached hydrogens (tertiary/aromatic N) is 4. The minimum atomic E-state index is -0.0165. The molecule has 148 valence electrons. The standard InChI is InChI=1S/C24H26N4O/c1-16-6-8-19(9-7-16)13-23(29)28-12-4-5-22(28)24-21(15-26-18(3)27-24)20-10-11-25-14-17(20)2/h6-11,14-15,22H,4-5,12-13H2,1-3H3/t22-/m1/s1. The van der Waals surface area contributed by atoms with Crippen molar-refractivity contribution in [2.75, 3.05) is 6.54 Å². The van der Waals surface area contributed by atoms with Gasteiger partial charge in [-0.05, 0) is 56.4 Å². The van der Waals surface area contributed by atoms with Crippen molar-refractivity contribution in [3.8, 4) is 11.1 Å². The van der Waals surface area contributed by atoms with Gasteiger partial charge in [0.1, 0.15) is 5.82 Å². The van der Waals surface area contributed by atoms with Crippen LogP contribution in [-0.4, -0.2) is 32.3 Å². The number of carbonyl (C=O) groups excluding carboxylic acids is 1. The molecule has 0 N–H and O–H groups in total. The largest absolute Gasteiger partial charge is 0.334 e. The first-order chi connectivity index (χ1) is 14.0. The van der Waals surface area contributed by atoms with E-state index in [2.05, 4.69) is 29.0 Å². The number of aromatic nitrogens is 3. The molecule has 4 rings (SSSR count). The Balaban J connectivity index is 1.67. The quantitative estimate of drug-likeness (QED) is 0.668. The monoisotopic (exact) mass is 386 g/mol. The number of pyridine rings is 1. The van der Waals surface area contributed by atoms with Gasteiger partial charge >= 0.3 is 0 Å². The molecule has 1 amide bonds. The Labute approximate surface area is 171 Å². The van der Waals surface area contributed by atoms with Crippen molar-refractivity contribution >= 4 is 5.91 Å². The van der Waals surface area contributed by atoms with Gasteiger partial charge in [0.25, 0.3) is 0 Å². The lowest BCUT2D eigenvalue weighted by atomic mass is 9.97. The molecule has 0 aliphatic carbocycles. The van der Waals surface area contributed by atoms with Gasteiger partial charge in [-0.15, -0.1) is 0 Å². The van der Waals surface area contributed by atoms with Crippen molar-refractivity contribution in [2.45, 2.75) is 46.1 Å². The lowest BCUT2D eigenvalue weighted by molar-refractivity contribution is -0.131. The van der Waals surface area contributed by atoms with Gasteiger partial charge in [0, 0.05) is 30.7 Å². The number of carbonyl (C=O) groups is 1. The number of hydrogen-bond acceptors (Lipinski definition) is 4. The third-order valence-corrected chi connectivity index (χ3v) is 5.61. The number of hydrogen-bond donors (Lipinski definition) is 0. The molecule has 5 heteroatoms. The third kappa shape index (κ3) is 4.04. The highest BCUT2D eigenvalue weighted by molar-refractivity contribution is 5.80.